The number of aromatic nitrogens is 4. The summed E-state index contributed by atoms with van der Waals surface area (Å²) >= 11 is 0. The van der Waals surface area contributed by atoms with Crippen molar-refractivity contribution in [2.24, 2.45) is 0 Å². The van der Waals surface area contributed by atoms with Gasteiger partial charge in [-0.15, -0.1) is 10.2 Å². The van der Waals surface area contributed by atoms with Gasteiger partial charge in [-0.1, -0.05) is 0 Å². The largest absolute Gasteiger partial charge is 0.507 e. The highest BCUT2D eigenvalue weighted by Gasteiger charge is 2.40. The number of nitrogens with one attached hydrogen (secondary N) is 1. The molecule has 1 spiro atoms. The molecule has 2 fully saturated rings. The summed E-state index contributed by atoms with van der Waals surface area (Å²) in [5, 5.41) is 27.1. The predicted octanol–water partition coefficient (Wildman–Crippen LogP) is 2.37. The van der Waals surface area contributed by atoms with E-state index in [0.29, 0.717) is 11.3 Å². The molecule has 0 aliphatic carbocycles. The highest BCUT2D eigenvalue weighted by molar-refractivity contribution is 5.69. The summed E-state index contributed by atoms with van der Waals surface area (Å²) in [5.74, 6) is 1.07. The van der Waals surface area contributed by atoms with E-state index in [1.165, 1.54) is 12.8 Å². The number of nitrogens with zero attached hydrogens (tertiary/aromatic N) is 5. The topological polar surface area (TPSA) is 79.1 Å². The van der Waals surface area contributed by atoms with Gasteiger partial charge in [0.05, 0.1) is 11.4 Å². The molecule has 1 atom stereocenters. The first-order valence-corrected chi connectivity index (χ1v) is 9.40. The summed E-state index contributed by atoms with van der Waals surface area (Å²) < 4.78 is 1.71. The van der Waals surface area contributed by atoms with E-state index in [1.54, 1.807) is 16.9 Å². The number of phenols is 1. The Morgan fingerprint density at radius 2 is 2.07 bits per heavy atom. The molecule has 3 aromatic rings. The van der Waals surface area contributed by atoms with Crippen LogP contribution < -0.4 is 10.2 Å². The van der Waals surface area contributed by atoms with E-state index in [9.17, 15) is 5.11 Å². The highest BCUT2D eigenvalue weighted by Crippen LogP contribution is 2.33. The summed E-state index contributed by atoms with van der Waals surface area (Å²) in [6.45, 7) is 3.11. The minimum atomic E-state index is 0.167. The molecule has 2 N–H and O–H groups in total. The van der Waals surface area contributed by atoms with Crippen LogP contribution in [-0.4, -0.2) is 50.3 Å². The predicted molar refractivity (Wildman–Crippen MR) is 103 cm³/mol. The van der Waals surface area contributed by atoms with Crippen LogP contribution in [-0.2, 0) is 0 Å². The van der Waals surface area contributed by atoms with Gasteiger partial charge in [-0.3, -0.25) is 0 Å². The van der Waals surface area contributed by atoms with Crippen LogP contribution in [0.4, 0.5) is 5.82 Å². The molecule has 2 aromatic heterocycles. The minimum absolute atomic E-state index is 0.167. The molecule has 1 aromatic carbocycles. The molecule has 138 valence electrons. The van der Waals surface area contributed by atoms with E-state index in [1.807, 2.05) is 36.5 Å². The summed E-state index contributed by atoms with van der Waals surface area (Å²) in [5.41, 5.74) is 2.40. The lowest BCUT2D eigenvalue weighted by Crippen LogP contribution is -2.42. The van der Waals surface area contributed by atoms with Crippen molar-refractivity contribution in [2.45, 2.75) is 24.8 Å². The molecule has 7 nitrogen and oxygen atoms in total. The molecule has 1 unspecified atom stereocenters. The van der Waals surface area contributed by atoms with Gasteiger partial charge in [-0.05, 0) is 56.1 Å². The molecule has 0 bridgehead atoms. The summed E-state index contributed by atoms with van der Waals surface area (Å²) in [4.78, 5) is 2.30. The third-order valence-corrected chi connectivity index (χ3v) is 5.69. The molecular formula is C20H22N6O. The van der Waals surface area contributed by atoms with Gasteiger partial charge < -0.3 is 15.3 Å². The number of anilines is 1. The van der Waals surface area contributed by atoms with Gasteiger partial charge in [0.25, 0.3) is 0 Å². The molecule has 2 saturated heterocycles. The Bertz CT molecular complexity index is 932. The number of benzene rings is 1. The Morgan fingerprint density at radius 3 is 2.78 bits per heavy atom. The second-order valence-electron chi connectivity index (χ2n) is 7.41. The first-order chi connectivity index (χ1) is 13.2. The molecule has 0 amide bonds. The van der Waals surface area contributed by atoms with Gasteiger partial charge in [0.15, 0.2) is 5.82 Å². The van der Waals surface area contributed by atoms with E-state index in [0.717, 1.165) is 37.6 Å². The van der Waals surface area contributed by atoms with Crippen molar-refractivity contribution in [2.75, 3.05) is 24.5 Å². The van der Waals surface area contributed by atoms with Crippen LogP contribution >= 0.6 is 0 Å². The molecular weight excluding hydrogens is 340 g/mol. The zero-order valence-electron chi connectivity index (χ0n) is 15.0. The van der Waals surface area contributed by atoms with Crippen molar-refractivity contribution < 1.29 is 5.11 Å². The van der Waals surface area contributed by atoms with Gasteiger partial charge >= 0.3 is 0 Å². The molecule has 0 radical (unpaired) electrons. The van der Waals surface area contributed by atoms with Crippen molar-refractivity contribution in [3.8, 4) is 22.7 Å². The van der Waals surface area contributed by atoms with Crippen LogP contribution in [0, 0.1) is 0 Å². The maximum atomic E-state index is 10.4. The number of hydrogen-bond donors (Lipinski definition) is 2. The fraction of sp³-hybridized carbons (Fsp3) is 0.350. The Morgan fingerprint density at radius 1 is 1.11 bits per heavy atom. The number of aromatic hydroxyl groups is 1. The van der Waals surface area contributed by atoms with E-state index >= 15 is 0 Å². The average Bonchev–Trinajstić information content (AvgIpc) is 3.45. The fourth-order valence-corrected chi connectivity index (χ4v) is 4.22. The minimum Gasteiger partial charge on any atom is -0.507 e. The Kier molecular flexibility index (Phi) is 3.82. The van der Waals surface area contributed by atoms with Crippen LogP contribution in [0.25, 0.3) is 16.9 Å². The van der Waals surface area contributed by atoms with Crippen molar-refractivity contribution in [3.63, 3.8) is 0 Å². The maximum absolute atomic E-state index is 10.4. The van der Waals surface area contributed by atoms with Gasteiger partial charge in [0, 0.05) is 42.7 Å². The van der Waals surface area contributed by atoms with Gasteiger partial charge in [0.1, 0.15) is 5.75 Å². The van der Waals surface area contributed by atoms with Crippen LogP contribution in [0.1, 0.15) is 19.3 Å². The second-order valence-corrected chi connectivity index (χ2v) is 7.41. The molecule has 2 aliphatic rings. The van der Waals surface area contributed by atoms with Gasteiger partial charge in [0.2, 0.25) is 0 Å². The number of phenolic OH excluding ortho intramolecular Hbond substituents is 1. The van der Waals surface area contributed by atoms with Crippen LogP contribution in [0.3, 0.4) is 0 Å². The summed E-state index contributed by atoms with van der Waals surface area (Å²) in [7, 11) is 0. The van der Waals surface area contributed by atoms with Crippen molar-refractivity contribution in [1.29, 1.82) is 0 Å². The van der Waals surface area contributed by atoms with E-state index in [4.69, 9.17) is 0 Å². The van der Waals surface area contributed by atoms with Crippen molar-refractivity contribution in [1.82, 2.24) is 25.3 Å². The molecule has 5 rings (SSSR count). The maximum Gasteiger partial charge on any atom is 0.151 e. The molecule has 0 saturated carbocycles. The Hall–Kier alpha value is -2.93. The van der Waals surface area contributed by atoms with E-state index in [2.05, 4.69) is 25.5 Å². The smallest absolute Gasteiger partial charge is 0.151 e. The second kappa shape index (κ2) is 6.35. The molecule has 2 aliphatic heterocycles. The lowest BCUT2D eigenvalue weighted by atomic mass is 9.97. The van der Waals surface area contributed by atoms with Crippen LogP contribution in [0.2, 0.25) is 0 Å². The van der Waals surface area contributed by atoms with Crippen molar-refractivity contribution >= 4 is 5.82 Å². The summed E-state index contributed by atoms with van der Waals surface area (Å²) in [6.07, 6.45) is 7.20. The van der Waals surface area contributed by atoms with Gasteiger partial charge in [-0.2, -0.15) is 5.10 Å². The third-order valence-electron chi connectivity index (χ3n) is 5.69. The van der Waals surface area contributed by atoms with Gasteiger partial charge in [-0.25, -0.2) is 4.68 Å². The fourth-order valence-electron chi connectivity index (χ4n) is 4.22. The number of rotatable bonds is 3. The first-order valence-electron chi connectivity index (χ1n) is 9.40. The lowest BCUT2D eigenvalue weighted by molar-refractivity contribution is 0.418. The highest BCUT2D eigenvalue weighted by atomic mass is 16.3. The Balaban J connectivity index is 1.36. The quantitative estimate of drug-likeness (QED) is 0.745. The zero-order chi connectivity index (χ0) is 18.3. The average molecular weight is 362 g/mol. The zero-order valence-corrected chi connectivity index (χ0v) is 15.0. The van der Waals surface area contributed by atoms with Crippen molar-refractivity contribution in [3.05, 3.63) is 48.8 Å². The SMILES string of the molecule is Oc1cc(-n2cccn2)ccc1-c1ccc(N2CCC3(CCCN3)C2)nn1. The first kappa shape index (κ1) is 16.3. The molecule has 4 heterocycles. The molecule has 27 heavy (non-hydrogen) atoms. The third kappa shape index (κ3) is 2.94. The van der Waals surface area contributed by atoms with E-state index < -0.39 is 0 Å². The summed E-state index contributed by atoms with van der Waals surface area (Å²) in [6, 6.07) is 11.2. The van der Waals surface area contributed by atoms with E-state index in [-0.39, 0.29) is 11.3 Å². The normalized spacial score (nSPS) is 22.0. The monoisotopic (exact) mass is 362 g/mol. The molecule has 7 heteroatoms. The lowest BCUT2D eigenvalue weighted by Gasteiger charge is -2.24. The number of hydrogen-bond acceptors (Lipinski definition) is 6. The standard InChI is InChI=1S/C20H22N6O/c27-18-13-15(26-11-2-10-22-26)3-4-16(18)17-5-6-19(24-23-17)25-12-8-20(14-25)7-1-9-21-20/h2-6,10-11,13,21,27H,1,7-9,12,14H2. The van der Waals surface area contributed by atoms with Crippen LogP contribution in [0.15, 0.2) is 48.8 Å². The Labute approximate surface area is 157 Å². The van der Waals surface area contributed by atoms with Crippen LogP contribution in [0.5, 0.6) is 5.75 Å².